The Morgan fingerprint density at radius 3 is 2.85 bits per heavy atom. The Kier molecular flexibility index (Phi) is 10.0. The Morgan fingerprint density at radius 2 is 2.06 bits per heavy atom. The van der Waals surface area contributed by atoms with E-state index in [1.54, 1.807) is 7.05 Å². The molecule has 1 atom stereocenters. The Balaban J connectivity index is 0.00000324. The number of ether oxygens (including phenoxy) is 2. The van der Waals surface area contributed by atoms with Crippen LogP contribution >= 0.6 is 24.0 Å². The van der Waals surface area contributed by atoms with Crippen LogP contribution in [0.5, 0.6) is 5.75 Å². The van der Waals surface area contributed by atoms with Crippen molar-refractivity contribution in [3.63, 3.8) is 0 Å². The maximum Gasteiger partial charge on any atom is 0.191 e. The number of imidazole rings is 1. The monoisotopic (exact) mass is 577 g/mol. The highest BCUT2D eigenvalue weighted by Gasteiger charge is 2.17. The van der Waals surface area contributed by atoms with E-state index in [2.05, 4.69) is 75.4 Å². The van der Waals surface area contributed by atoms with E-state index < -0.39 is 0 Å². The summed E-state index contributed by atoms with van der Waals surface area (Å²) in [5, 5.41) is 6.84. The van der Waals surface area contributed by atoms with Crippen LogP contribution in [0.25, 0.3) is 11.0 Å². The fourth-order valence-electron chi connectivity index (χ4n) is 4.22. The Morgan fingerprint density at radius 1 is 1.21 bits per heavy atom. The maximum absolute atomic E-state index is 6.12. The molecule has 0 saturated carbocycles. The first-order valence-electron chi connectivity index (χ1n) is 11.8. The van der Waals surface area contributed by atoms with Gasteiger partial charge in [0.25, 0.3) is 0 Å². The van der Waals surface area contributed by atoms with Crippen molar-refractivity contribution < 1.29 is 9.47 Å². The number of aryl methyl sites for hydroxylation is 3. The molecule has 2 aromatic carbocycles. The van der Waals surface area contributed by atoms with Crippen LogP contribution in [0.15, 0.2) is 47.5 Å². The zero-order valence-corrected chi connectivity index (χ0v) is 22.7. The van der Waals surface area contributed by atoms with Crippen molar-refractivity contribution in [3.05, 3.63) is 59.4 Å². The van der Waals surface area contributed by atoms with Crippen molar-refractivity contribution >= 4 is 41.0 Å². The van der Waals surface area contributed by atoms with Crippen LogP contribution in [0.2, 0.25) is 0 Å². The summed E-state index contributed by atoms with van der Waals surface area (Å²) in [6.07, 6.45) is 3.37. The van der Waals surface area contributed by atoms with Crippen LogP contribution in [0, 0.1) is 13.8 Å². The van der Waals surface area contributed by atoms with Gasteiger partial charge in [-0.05, 0) is 56.9 Å². The van der Waals surface area contributed by atoms with Crippen LogP contribution in [0.4, 0.5) is 0 Å². The summed E-state index contributed by atoms with van der Waals surface area (Å²) in [6, 6.07) is 14.6. The normalized spacial score (nSPS) is 15.9. The Hall–Kier alpha value is -2.33. The van der Waals surface area contributed by atoms with E-state index >= 15 is 0 Å². The standard InChI is InChI=1S/C26H35N5O2.HI/c1-19-11-12-21(25(16-19)33-18-22-8-6-15-32-22)17-29-26(27-3)28-13-7-14-31-20(2)30-23-9-4-5-10-24(23)31;/h4-5,9-12,16,22H,6-8,13-15,17-18H2,1-3H3,(H2,27,28,29);1H. The minimum absolute atomic E-state index is 0. The summed E-state index contributed by atoms with van der Waals surface area (Å²) in [5.41, 5.74) is 4.54. The van der Waals surface area contributed by atoms with Crippen LogP contribution in [0.1, 0.15) is 36.2 Å². The van der Waals surface area contributed by atoms with Gasteiger partial charge in [0.05, 0.1) is 17.1 Å². The topological polar surface area (TPSA) is 72.7 Å². The summed E-state index contributed by atoms with van der Waals surface area (Å²) >= 11 is 0. The third-order valence-corrected chi connectivity index (χ3v) is 6.04. The van der Waals surface area contributed by atoms with Crippen molar-refractivity contribution in [2.45, 2.75) is 52.3 Å². The Labute approximate surface area is 219 Å². The second-order valence-corrected chi connectivity index (χ2v) is 8.56. The molecule has 0 spiro atoms. The number of benzene rings is 2. The maximum atomic E-state index is 6.12. The van der Waals surface area contributed by atoms with Gasteiger partial charge in [-0.3, -0.25) is 4.99 Å². The number of hydrogen-bond donors (Lipinski definition) is 2. The predicted octanol–water partition coefficient (Wildman–Crippen LogP) is 4.58. The van der Waals surface area contributed by atoms with E-state index in [0.717, 1.165) is 67.6 Å². The van der Waals surface area contributed by atoms with Crippen LogP contribution in [0.3, 0.4) is 0 Å². The van der Waals surface area contributed by atoms with Gasteiger partial charge in [-0.25, -0.2) is 4.98 Å². The van der Waals surface area contributed by atoms with Gasteiger partial charge in [-0.1, -0.05) is 24.3 Å². The lowest BCUT2D eigenvalue weighted by molar-refractivity contribution is 0.0676. The smallest absolute Gasteiger partial charge is 0.191 e. The first-order chi connectivity index (χ1) is 16.1. The Bertz CT molecular complexity index is 1090. The van der Waals surface area contributed by atoms with E-state index in [0.29, 0.717) is 13.2 Å². The van der Waals surface area contributed by atoms with Crippen molar-refractivity contribution in [2.75, 3.05) is 26.8 Å². The zero-order valence-electron chi connectivity index (χ0n) is 20.3. The zero-order chi connectivity index (χ0) is 23.0. The minimum atomic E-state index is 0. The van der Waals surface area contributed by atoms with Gasteiger partial charge in [-0.2, -0.15) is 0 Å². The average Bonchev–Trinajstić information content (AvgIpc) is 3.45. The van der Waals surface area contributed by atoms with Gasteiger partial charge in [0.15, 0.2) is 5.96 Å². The molecular weight excluding hydrogens is 541 g/mol. The molecule has 4 rings (SSSR count). The van der Waals surface area contributed by atoms with Gasteiger partial charge in [0.1, 0.15) is 18.2 Å². The third-order valence-electron chi connectivity index (χ3n) is 6.04. The molecule has 7 nitrogen and oxygen atoms in total. The van der Waals surface area contributed by atoms with Gasteiger partial charge >= 0.3 is 0 Å². The molecule has 0 radical (unpaired) electrons. The fourth-order valence-corrected chi connectivity index (χ4v) is 4.22. The van der Waals surface area contributed by atoms with Crippen molar-refractivity contribution in [1.29, 1.82) is 0 Å². The number of nitrogens with zero attached hydrogens (tertiary/aromatic N) is 3. The number of halogens is 1. The van der Waals surface area contributed by atoms with Crippen LogP contribution in [-0.4, -0.2) is 48.4 Å². The van der Waals surface area contributed by atoms with Gasteiger partial charge in [0.2, 0.25) is 0 Å². The van der Waals surface area contributed by atoms with Crippen LogP contribution in [-0.2, 0) is 17.8 Å². The highest BCUT2D eigenvalue weighted by atomic mass is 127. The summed E-state index contributed by atoms with van der Waals surface area (Å²) in [7, 11) is 1.80. The molecule has 1 aliphatic heterocycles. The van der Waals surface area contributed by atoms with E-state index in [4.69, 9.17) is 9.47 Å². The second-order valence-electron chi connectivity index (χ2n) is 8.56. The second kappa shape index (κ2) is 12.9. The molecule has 0 aliphatic carbocycles. The number of hydrogen-bond acceptors (Lipinski definition) is 4. The van der Waals surface area contributed by atoms with E-state index in [9.17, 15) is 0 Å². The predicted molar refractivity (Wildman–Crippen MR) is 148 cm³/mol. The molecule has 8 heteroatoms. The quantitative estimate of drug-likeness (QED) is 0.169. The lowest BCUT2D eigenvalue weighted by Gasteiger charge is -2.17. The molecule has 0 amide bonds. The molecule has 1 saturated heterocycles. The van der Waals surface area contributed by atoms with E-state index in [-0.39, 0.29) is 30.1 Å². The fraction of sp³-hybridized carbons (Fsp3) is 0.462. The first-order valence-corrected chi connectivity index (χ1v) is 11.8. The molecule has 0 bridgehead atoms. The molecule has 34 heavy (non-hydrogen) atoms. The summed E-state index contributed by atoms with van der Waals surface area (Å²) in [5.74, 6) is 2.75. The molecule has 1 fully saturated rings. The van der Waals surface area contributed by atoms with Crippen LogP contribution < -0.4 is 15.4 Å². The highest BCUT2D eigenvalue weighted by Crippen LogP contribution is 2.22. The van der Waals surface area contributed by atoms with E-state index in [1.807, 2.05) is 6.07 Å². The minimum Gasteiger partial charge on any atom is -0.491 e. The number of fused-ring (bicyclic) bond motifs is 1. The number of aromatic nitrogens is 2. The molecular formula is C26H36IN5O2. The molecule has 1 unspecified atom stereocenters. The first kappa shape index (κ1) is 26.3. The largest absolute Gasteiger partial charge is 0.491 e. The number of nitrogens with one attached hydrogen (secondary N) is 2. The lowest BCUT2D eigenvalue weighted by Crippen LogP contribution is -2.37. The summed E-state index contributed by atoms with van der Waals surface area (Å²) < 4.78 is 14.1. The SMILES string of the molecule is CN=C(NCCCn1c(C)nc2ccccc21)NCc1ccc(C)cc1OCC1CCCO1.I. The van der Waals surface area contributed by atoms with Gasteiger partial charge in [-0.15, -0.1) is 24.0 Å². The molecule has 2 N–H and O–H groups in total. The molecule has 2 heterocycles. The van der Waals surface area contributed by atoms with Gasteiger partial charge < -0.3 is 24.7 Å². The van der Waals surface area contributed by atoms with Gasteiger partial charge in [0, 0.05) is 38.9 Å². The molecule has 1 aromatic heterocycles. The number of aliphatic imine (C=N–C) groups is 1. The van der Waals surface area contributed by atoms with E-state index in [1.165, 1.54) is 11.1 Å². The summed E-state index contributed by atoms with van der Waals surface area (Å²) in [4.78, 5) is 9.02. The lowest BCUT2D eigenvalue weighted by atomic mass is 10.1. The van der Waals surface area contributed by atoms with Crippen molar-refractivity contribution in [2.24, 2.45) is 4.99 Å². The summed E-state index contributed by atoms with van der Waals surface area (Å²) in [6.45, 7) is 7.97. The number of para-hydroxylation sites is 2. The van der Waals surface area contributed by atoms with Crippen molar-refractivity contribution in [1.82, 2.24) is 20.2 Å². The number of rotatable bonds is 9. The number of guanidine groups is 1. The molecule has 3 aromatic rings. The van der Waals surface area contributed by atoms with Crippen molar-refractivity contribution in [3.8, 4) is 5.75 Å². The molecule has 1 aliphatic rings. The third kappa shape index (κ3) is 6.85. The molecule has 184 valence electrons. The highest BCUT2D eigenvalue weighted by molar-refractivity contribution is 14.0. The average molecular weight is 578 g/mol.